The van der Waals surface area contributed by atoms with Crippen LogP contribution in [0.15, 0.2) is 11.6 Å². The highest BCUT2D eigenvalue weighted by atomic mass is 14.5. The smallest absolute Gasteiger partial charge is 0.0109 e. The molecule has 1 fully saturated rings. The fraction of sp³-hybridized carbons (Fsp3) is 0.714. The molecule has 1 aliphatic rings. The second-order valence-electron chi connectivity index (χ2n) is 2.31. The van der Waals surface area contributed by atoms with E-state index in [-0.39, 0.29) is 0 Å². The Kier molecular flexibility index (Phi) is 2.10. The van der Waals surface area contributed by atoms with E-state index in [0.29, 0.717) is 0 Å². The lowest BCUT2D eigenvalue weighted by atomic mass is 10.2. The van der Waals surface area contributed by atoms with Crippen molar-refractivity contribution in [3.63, 3.8) is 0 Å². The Morgan fingerprint density at radius 3 is 2.50 bits per heavy atom. The van der Waals surface area contributed by atoms with Crippen LogP contribution < -0.4 is 5.73 Å². The summed E-state index contributed by atoms with van der Waals surface area (Å²) < 4.78 is 0. The van der Waals surface area contributed by atoms with E-state index in [2.05, 4.69) is 6.08 Å². The Morgan fingerprint density at radius 1 is 1.38 bits per heavy atom. The number of hydrogen-bond acceptors (Lipinski definition) is 1. The predicted octanol–water partition coefficient (Wildman–Crippen LogP) is 1.45. The van der Waals surface area contributed by atoms with E-state index in [4.69, 9.17) is 5.73 Å². The highest BCUT2D eigenvalue weighted by Gasteiger charge is 2.03. The fourth-order valence-corrected chi connectivity index (χ4v) is 1.20. The molecule has 0 heterocycles. The minimum Gasteiger partial charge on any atom is -0.327 e. The normalized spacial score (nSPS) is 19.4. The van der Waals surface area contributed by atoms with E-state index in [1.807, 2.05) is 0 Å². The minimum atomic E-state index is 0.731. The molecule has 0 saturated heterocycles. The maximum atomic E-state index is 5.33. The number of allylic oxidation sites excluding steroid dienone is 1. The van der Waals surface area contributed by atoms with Crippen LogP contribution in [0.1, 0.15) is 25.7 Å². The van der Waals surface area contributed by atoms with Crippen molar-refractivity contribution in [2.75, 3.05) is 6.54 Å². The minimum absolute atomic E-state index is 0.731. The van der Waals surface area contributed by atoms with E-state index in [0.717, 1.165) is 6.54 Å². The zero-order valence-corrected chi connectivity index (χ0v) is 5.19. The van der Waals surface area contributed by atoms with Gasteiger partial charge in [0, 0.05) is 6.54 Å². The van der Waals surface area contributed by atoms with E-state index < -0.39 is 0 Å². The van der Waals surface area contributed by atoms with Crippen molar-refractivity contribution in [3.05, 3.63) is 11.6 Å². The molecule has 46 valence electrons. The molecule has 1 heteroatoms. The first-order valence-electron chi connectivity index (χ1n) is 3.31. The molecule has 0 radical (unpaired) electrons. The van der Waals surface area contributed by atoms with Gasteiger partial charge in [-0.3, -0.25) is 0 Å². The summed E-state index contributed by atoms with van der Waals surface area (Å²) in [4.78, 5) is 0. The largest absolute Gasteiger partial charge is 0.327 e. The lowest BCUT2D eigenvalue weighted by Gasteiger charge is -1.89. The van der Waals surface area contributed by atoms with Crippen molar-refractivity contribution in [3.8, 4) is 0 Å². The lowest BCUT2D eigenvalue weighted by Crippen LogP contribution is -1.93. The van der Waals surface area contributed by atoms with Gasteiger partial charge in [0.25, 0.3) is 0 Å². The van der Waals surface area contributed by atoms with Crippen LogP contribution in [0.4, 0.5) is 0 Å². The number of rotatable bonds is 1. The lowest BCUT2D eigenvalue weighted by molar-refractivity contribution is 0.886. The molecule has 0 amide bonds. The van der Waals surface area contributed by atoms with Gasteiger partial charge >= 0.3 is 0 Å². The Bertz CT molecular complexity index is 86.6. The Morgan fingerprint density at radius 2 is 2.00 bits per heavy atom. The van der Waals surface area contributed by atoms with Crippen LogP contribution in [-0.2, 0) is 0 Å². The summed E-state index contributed by atoms with van der Waals surface area (Å²) in [5.41, 5.74) is 6.91. The van der Waals surface area contributed by atoms with Crippen LogP contribution in [-0.4, -0.2) is 6.54 Å². The molecular formula is C7H13N. The fourth-order valence-electron chi connectivity index (χ4n) is 1.20. The monoisotopic (exact) mass is 111 g/mol. The molecule has 1 saturated carbocycles. The van der Waals surface area contributed by atoms with Gasteiger partial charge in [-0.2, -0.15) is 0 Å². The molecule has 0 aromatic rings. The van der Waals surface area contributed by atoms with E-state index in [1.165, 1.54) is 25.7 Å². The molecule has 1 aliphatic carbocycles. The summed E-state index contributed by atoms with van der Waals surface area (Å²) >= 11 is 0. The maximum absolute atomic E-state index is 5.33. The Labute approximate surface area is 50.6 Å². The van der Waals surface area contributed by atoms with E-state index in [1.54, 1.807) is 5.57 Å². The molecule has 0 aromatic heterocycles. The van der Waals surface area contributed by atoms with Crippen LogP contribution in [0.25, 0.3) is 0 Å². The average molecular weight is 111 g/mol. The molecule has 2 N–H and O–H groups in total. The highest BCUT2D eigenvalue weighted by molar-refractivity contribution is 5.06. The van der Waals surface area contributed by atoms with Crippen LogP contribution >= 0.6 is 0 Å². The summed E-state index contributed by atoms with van der Waals surface area (Å²) in [6.07, 6.45) is 7.53. The molecular weight excluding hydrogens is 98.1 g/mol. The topological polar surface area (TPSA) is 26.0 Å². The van der Waals surface area contributed by atoms with Gasteiger partial charge < -0.3 is 5.73 Å². The average Bonchev–Trinajstić information content (AvgIpc) is 2.19. The van der Waals surface area contributed by atoms with Crippen LogP contribution in [0.5, 0.6) is 0 Å². The van der Waals surface area contributed by atoms with Gasteiger partial charge in [0.2, 0.25) is 0 Å². The molecule has 1 rings (SSSR count). The van der Waals surface area contributed by atoms with E-state index in [9.17, 15) is 0 Å². The Hall–Kier alpha value is -0.300. The summed E-state index contributed by atoms with van der Waals surface area (Å²) in [7, 11) is 0. The number of hydrogen-bond donors (Lipinski definition) is 1. The third-order valence-corrected chi connectivity index (χ3v) is 1.65. The summed E-state index contributed by atoms with van der Waals surface area (Å²) in [5.74, 6) is 0. The van der Waals surface area contributed by atoms with Crippen LogP contribution in [0.2, 0.25) is 0 Å². The summed E-state index contributed by atoms with van der Waals surface area (Å²) in [5, 5.41) is 0. The summed E-state index contributed by atoms with van der Waals surface area (Å²) in [6.45, 7) is 0.731. The van der Waals surface area contributed by atoms with E-state index >= 15 is 0 Å². The van der Waals surface area contributed by atoms with Crippen molar-refractivity contribution in [2.45, 2.75) is 25.7 Å². The van der Waals surface area contributed by atoms with Crippen molar-refractivity contribution < 1.29 is 0 Å². The molecule has 0 bridgehead atoms. The quantitative estimate of drug-likeness (QED) is 0.509. The molecule has 0 spiro atoms. The SMILES string of the molecule is NCC=C1CCCC1. The van der Waals surface area contributed by atoms with Gasteiger partial charge in [-0.15, -0.1) is 0 Å². The van der Waals surface area contributed by atoms with Gasteiger partial charge in [-0.25, -0.2) is 0 Å². The van der Waals surface area contributed by atoms with Gasteiger partial charge in [0.1, 0.15) is 0 Å². The molecule has 1 nitrogen and oxygen atoms in total. The molecule has 0 aromatic carbocycles. The molecule has 0 aliphatic heterocycles. The number of nitrogens with two attached hydrogens (primary N) is 1. The second kappa shape index (κ2) is 2.88. The standard InChI is InChI=1S/C7H13N/c8-6-5-7-3-1-2-4-7/h5H,1-4,6,8H2. The van der Waals surface area contributed by atoms with Crippen molar-refractivity contribution >= 4 is 0 Å². The van der Waals surface area contributed by atoms with Crippen molar-refractivity contribution in [2.24, 2.45) is 5.73 Å². The molecule has 0 unspecified atom stereocenters. The van der Waals surface area contributed by atoms with Gasteiger partial charge in [-0.1, -0.05) is 11.6 Å². The van der Waals surface area contributed by atoms with Crippen LogP contribution in [0, 0.1) is 0 Å². The second-order valence-corrected chi connectivity index (χ2v) is 2.31. The first kappa shape index (κ1) is 5.83. The van der Waals surface area contributed by atoms with Gasteiger partial charge in [0.05, 0.1) is 0 Å². The first-order chi connectivity index (χ1) is 3.93. The van der Waals surface area contributed by atoms with Crippen LogP contribution in [0.3, 0.4) is 0 Å². The van der Waals surface area contributed by atoms with Gasteiger partial charge in [-0.05, 0) is 25.7 Å². The highest BCUT2D eigenvalue weighted by Crippen LogP contribution is 2.22. The molecule has 8 heavy (non-hydrogen) atoms. The first-order valence-corrected chi connectivity index (χ1v) is 3.31. The zero-order chi connectivity index (χ0) is 5.82. The zero-order valence-electron chi connectivity index (χ0n) is 5.19. The predicted molar refractivity (Wildman–Crippen MR) is 35.6 cm³/mol. The Balaban J connectivity index is 2.33. The third kappa shape index (κ3) is 1.34. The molecule has 0 atom stereocenters. The maximum Gasteiger partial charge on any atom is 0.0109 e. The third-order valence-electron chi connectivity index (χ3n) is 1.65. The van der Waals surface area contributed by atoms with Crippen molar-refractivity contribution in [1.82, 2.24) is 0 Å². The van der Waals surface area contributed by atoms with Crippen molar-refractivity contribution in [1.29, 1.82) is 0 Å². The van der Waals surface area contributed by atoms with Gasteiger partial charge in [0.15, 0.2) is 0 Å². The summed E-state index contributed by atoms with van der Waals surface area (Å²) in [6, 6.07) is 0.